The first-order valence-electron chi connectivity index (χ1n) is 6.40. The van der Waals surface area contributed by atoms with E-state index in [0.717, 1.165) is 17.7 Å². The summed E-state index contributed by atoms with van der Waals surface area (Å²) in [6.07, 6.45) is 0.835. The van der Waals surface area contributed by atoms with Crippen molar-refractivity contribution in [3.63, 3.8) is 0 Å². The molecule has 1 amide bonds. The first-order chi connectivity index (χ1) is 9.06. The van der Waals surface area contributed by atoms with Crippen LogP contribution in [0.3, 0.4) is 0 Å². The monoisotopic (exact) mass is 262 g/mol. The number of nitrogens with one attached hydrogen (secondary N) is 1. The van der Waals surface area contributed by atoms with Crippen molar-refractivity contribution in [2.24, 2.45) is 11.7 Å². The van der Waals surface area contributed by atoms with Gasteiger partial charge >= 0.3 is 5.97 Å². The third-order valence-electron chi connectivity index (χ3n) is 3.14. The van der Waals surface area contributed by atoms with E-state index in [1.165, 1.54) is 0 Å². The number of para-hydroxylation sites is 1. The summed E-state index contributed by atoms with van der Waals surface area (Å²) in [4.78, 5) is 23.6. The van der Waals surface area contributed by atoms with Gasteiger partial charge in [0, 0.05) is 11.6 Å². The summed E-state index contributed by atoms with van der Waals surface area (Å²) in [7, 11) is 0. The lowest BCUT2D eigenvalue weighted by Crippen LogP contribution is -2.28. The van der Waals surface area contributed by atoms with Gasteiger partial charge in [-0.25, -0.2) is 0 Å². The van der Waals surface area contributed by atoms with Crippen LogP contribution in [0.25, 0.3) is 0 Å². The number of nitrogens with two attached hydrogens (primary N) is 1. The fourth-order valence-corrected chi connectivity index (χ4v) is 2.21. The molecule has 1 aliphatic heterocycles. The highest BCUT2D eigenvalue weighted by Crippen LogP contribution is 2.25. The van der Waals surface area contributed by atoms with Gasteiger partial charge in [-0.1, -0.05) is 18.2 Å². The fraction of sp³-hybridized carbons (Fsp3) is 0.429. The Morgan fingerprint density at radius 2 is 2.26 bits per heavy atom. The number of esters is 1. The largest absolute Gasteiger partial charge is 0.447 e. The minimum Gasteiger partial charge on any atom is -0.447 e. The Kier molecular flexibility index (Phi) is 4.16. The average Bonchev–Trinajstić information content (AvgIpc) is 2.48. The Morgan fingerprint density at radius 1 is 1.53 bits per heavy atom. The van der Waals surface area contributed by atoms with Crippen molar-refractivity contribution >= 4 is 17.6 Å². The number of anilines is 1. The maximum atomic E-state index is 12.0. The summed E-state index contributed by atoms with van der Waals surface area (Å²) >= 11 is 0. The topological polar surface area (TPSA) is 81.4 Å². The van der Waals surface area contributed by atoms with Crippen LogP contribution >= 0.6 is 0 Å². The molecule has 0 saturated carbocycles. The third-order valence-corrected chi connectivity index (χ3v) is 3.14. The normalized spacial score (nSPS) is 19.9. The van der Waals surface area contributed by atoms with Crippen LogP contribution in [-0.4, -0.2) is 18.1 Å². The Bertz CT molecular complexity index is 485. The van der Waals surface area contributed by atoms with E-state index in [0.29, 0.717) is 6.42 Å². The maximum Gasteiger partial charge on any atom is 0.308 e. The molecule has 0 aromatic heterocycles. The lowest BCUT2D eigenvalue weighted by atomic mass is 9.97. The van der Waals surface area contributed by atoms with Crippen LogP contribution in [0.5, 0.6) is 0 Å². The molecule has 1 aromatic carbocycles. The smallest absolute Gasteiger partial charge is 0.308 e. The van der Waals surface area contributed by atoms with Crippen molar-refractivity contribution in [3.8, 4) is 0 Å². The number of carbonyl (C=O) groups excluding carboxylic acids is 2. The molecule has 2 atom stereocenters. The van der Waals surface area contributed by atoms with Crippen LogP contribution in [0.1, 0.15) is 25.3 Å². The van der Waals surface area contributed by atoms with Crippen molar-refractivity contribution in [2.75, 3.05) is 5.32 Å². The first kappa shape index (κ1) is 13.5. The van der Waals surface area contributed by atoms with Crippen LogP contribution < -0.4 is 11.1 Å². The molecular weight excluding hydrogens is 244 g/mol. The summed E-state index contributed by atoms with van der Waals surface area (Å²) in [6.45, 7) is 1.58. The molecule has 3 N–H and O–H groups in total. The molecule has 5 nitrogen and oxygen atoms in total. The predicted octanol–water partition coefficient (Wildman–Crippen LogP) is 1.43. The molecule has 0 saturated heterocycles. The minimum absolute atomic E-state index is 0.0708. The SMILES string of the molecule is CC(N)OC(=O)CC1CCc2ccccc2NC1=O. The molecule has 1 aromatic rings. The van der Waals surface area contributed by atoms with Gasteiger partial charge in [0.25, 0.3) is 0 Å². The summed E-state index contributed by atoms with van der Waals surface area (Å²) in [6, 6.07) is 7.67. The molecule has 5 heteroatoms. The number of hydrogen-bond donors (Lipinski definition) is 2. The molecule has 0 aliphatic carbocycles. The Hall–Kier alpha value is -1.88. The van der Waals surface area contributed by atoms with Gasteiger partial charge in [-0.2, -0.15) is 0 Å². The number of fused-ring (bicyclic) bond motifs is 1. The molecule has 19 heavy (non-hydrogen) atoms. The van der Waals surface area contributed by atoms with E-state index >= 15 is 0 Å². The molecule has 0 radical (unpaired) electrons. The Morgan fingerprint density at radius 3 is 3.00 bits per heavy atom. The molecule has 0 bridgehead atoms. The van der Waals surface area contributed by atoms with E-state index in [-0.39, 0.29) is 18.2 Å². The number of amides is 1. The second-order valence-electron chi connectivity index (χ2n) is 4.78. The van der Waals surface area contributed by atoms with Crippen LogP contribution in [0.15, 0.2) is 24.3 Å². The van der Waals surface area contributed by atoms with Gasteiger partial charge in [-0.3, -0.25) is 15.3 Å². The van der Waals surface area contributed by atoms with E-state index in [2.05, 4.69) is 5.32 Å². The quantitative estimate of drug-likeness (QED) is 0.637. The summed E-state index contributed by atoms with van der Waals surface area (Å²) in [5.74, 6) is -0.925. The molecule has 102 valence electrons. The van der Waals surface area contributed by atoms with Crippen LogP contribution in [0.2, 0.25) is 0 Å². The molecule has 2 rings (SSSR count). The van der Waals surface area contributed by atoms with Crippen molar-refractivity contribution < 1.29 is 14.3 Å². The van der Waals surface area contributed by atoms with Gasteiger partial charge in [0.1, 0.15) is 6.23 Å². The molecular formula is C14H18N2O3. The van der Waals surface area contributed by atoms with E-state index in [9.17, 15) is 9.59 Å². The zero-order valence-corrected chi connectivity index (χ0v) is 10.9. The van der Waals surface area contributed by atoms with E-state index < -0.39 is 12.2 Å². The molecule has 1 aliphatic rings. The van der Waals surface area contributed by atoms with Gasteiger partial charge in [-0.15, -0.1) is 0 Å². The van der Waals surface area contributed by atoms with Gasteiger partial charge in [-0.05, 0) is 31.4 Å². The number of aryl methyl sites for hydroxylation is 1. The predicted molar refractivity (Wildman–Crippen MR) is 71.2 cm³/mol. The number of rotatable bonds is 3. The highest BCUT2D eigenvalue weighted by Gasteiger charge is 2.26. The molecule has 0 fully saturated rings. The second-order valence-corrected chi connectivity index (χ2v) is 4.78. The fourth-order valence-electron chi connectivity index (χ4n) is 2.21. The van der Waals surface area contributed by atoms with Crippen molar-refractivity contribution in [2.45, 2.75) is 32.4 Å². The first-order valence-corrected chi connectivity index (χ1v) is 6.40. The zero-order chi connectivity index (χ0) is 13.8. The Balaban J connectivity index is 2.02. The van der Waals surface area contributed by atoms with E-state index in [4.69, 9.17) is 10.5 Å². The summed E-state index contributed by atoms with van der Waals surface area (Å²) in [5.41, 5.74) is 7.31. The Labute approximate surface area is 112 Å². The van der Waals surface area contributed by atoms with Gasteiger partial charge < -0.3 is 10.1 Å². The van der Waals surface area contributed by atoms with Crippen LogP contribution in [0.4, 0.5) is 5.69 Å². The molecule has 0 spiro atoms. The second kappa shape index (κ2) is 5.84. The highest BCUT2D eigenvalue weighted by molar-refractivity contribution is 5.95. The highest BCUT2D eigenvalue weighted by atomic mass is 16.6. The minimum atomic E-state index is -0.640. The lowest BCUT2D eigenvalue weighted by molar-refractivity contribution is -0.150. The lowest BCUT2D eigenvalue weighted by Gasteiger charge is -2.13. The zero-order valence-electron chi connectivity index (χ0n) is 10.9. The summed E-state index contributed by atoms with van der Waals surface area (Å²) < 4.78 is 4.88. The molecule has 2 unspecified atom stereocenters. The van der Waals surface area contributed by atoms with Crippen LogP contribution in [0, 0.1) is 5.92 Å². The van der Waals surface area contributed by atoms with Crippen molar-refractivity contribution in [3.05, 3.63) is 29.8 Å². The number of carbonyl (C=O) groups is 2. The standard InChI is InChI=1S/C14H18N2O3/c1-9(15)19-13(17)8-11-7-6-10-4-2-3-5-12(10)16-14(11)18/h2-5,9,11H,6-8,15H2,1H3,(H,16,18). The van der Waals surface area contributed by atoms with Crippen molar-refractivity contribution in [1.29, 1.82) is 0 Å². The van der Waals surface area contributed by atoms with E-state index in [1.54, 1.807) is 6.92 Å². The van der Waals surface area contributed by atoms with Crippen molar-refractivity contribution in [1.82, 2.24) is 0 Å². The van der Waals surface area contributed by atoms with Gasteiger partial charge in [0.2, 0.25) is 5.91 Å². The number of hydrogen-bond acceptors (Lipinski definition) is 4. The summed E-state index contributed by atoms with van der Waals surface area (Å²) in [5, 5.41) is 2.85. The maximum absolute atomic E-state index is 12.0. The number of benzene rings is 1. The number of ether oxygens (including phenoxy) is 1. The third kappa shape index (κ3) is 3.54. The average molecular weight is 262 g/mol. The van der Waals surface area contributed by atoms with E-state index in [1.807, 2.05) is 24.3 Å². The molecule has 1 heterocycles. The van der Waals surface area contributed by atoms with Gasteiger partial charge in [0.15, 0.2) is 0 Å². The van der Waals surface area contributed by atoms with Gasteiger partial charge in [0.05, 0.1) is 6.42 Å². The van der Waals surface area contributed by atoms with Crippen LogP contribution in [-0.2, 0) is 20.7 Å².